The van der Waals surface area contributed by atoms with Gasteiger partial charge in [0.15, 0.2) is 0 Å². The molecule has 0 aliphatic heterocycles. The molecule has 0 saturated heterocycles. The van der Waals surface area contributed by atoms with Crippen molar-refractivity contribution in [2.75, 3.05) is 6.61 Å². The molecule has 1 atom stereocenters. The number of carbonyl (C=O) groups excluding carboxylic acids is 1. The van der Waals surface area contributed by atoms with Crippen LogP contribution in [0.25, 0.3) is 0 Å². The van der Waals surface area contributed by atoms with E-state index >= 15 is 0 Å². The quantitative estimate of drug-likeness (QED) is 0.427. The molecular formula is C8H14O5S. The van der Waals surface area contributed by atoms with Crippen LogP contribution in [0.15, 0.2) is 12.2 Å². The minimum absolute atomic E-state index is 0.106. The molecule has 14 heavy (non-hydrogen) atoms. The summed E-state index contributed by atoms with van der Waals surface area (Å²) in [6, 6.07) is 0. The van der Waals surface area contributed by atoms with E-state index in [1.165, 1.54) is 20.8 Å². The first-order valence-electron chi connectivity index (χ1n) is 3.87. The van der Waals surface area contributed by atoms with Gasteiger partial charge in [0.2, 0.25) is 0 Å². The molecule has 0 radical (unpaired) electrons. The number of hydrogen-bond donors (Lipinski definition) is 1. The zero-order chi connectivity index (χ0) is 11.4. The summed E-state index contributed by atoms with van der Waals surface area (Å²) in [7, 11) is 0. The van der Waals surface area contributed by atoms with E-state index < -0.39 is 22.9 Å². The van der Waals surface area contributed by atoms with Crippen LogP contribution >= 0.6 is 0 Å². The van der Waals surface area contributed by atoms with E-state index in [9.17, 15) is 9.00 Å². The highest BCUT2D eigenvalue weighted by Crippen LogP contribution is 2.11. The van der Waals surface area contributed by atoms with Crippen molar-refractivity contribution in [1.29, 1.82) is 0 Å². The number of hydrogen-bond acceptors (Lipinski definition) is 4. The monoisotopic (exact) mass is 222 g/mol. The second kappa shape index (κ2) is 5.23. The fourth-order valence-corrected chi connectivity index (χ4v) is 1.01. The highest BCUT2D eigenvalue weighted by molar-refractivity contribution is 7.74. The molecule has 0 aliphatic rings. The first-order chi connectivity index (χ1) is 6.24. The lowest BCUT2D eigenvalue weighted by atomic mass is 10.2. The third-order valence-electron chi connectivity index (χ3n) is 1.20. The van der Waals surface area contributed by atoms with E-state index in [-0.39, 0.29) is 12.2 Å². The maximum absolute atomic E-state index is 11.0. The zero-order valence-corrected chi connectivity index (χ0v) is 9.22. The molecule has 0 aromatic heterocycles. The number of rotatable bonds is 5. The molecular weight excluding hydrogens is 208 g/mol. The lowest BCUT2D eigenvalue weighted by molar-refractivity contribution is -0.143. The van der Waals surface area contributed by atoms with Crippen molar-refractivity contribution >= 4 is 17.3 Å². The van der Waals surface area contributed by atoms with E-state index in [0.29, 0.717) is 0 Å². The van der Waals surface area contributed by atoms with Crippen LogP contribution in [0.4, 0.5) is 0 Å². The summed E-state index contributed by atoms with van der Waals surface area (Å²) >= 11 is -2.37. The summed E-state index contributed by atoms with van der Waals surface area (Å²) in [6.45, 7) is 7.87. The van der Waals surface area contributed by atoms with Crippen LogP contribution in [0.5, 0.6) is 0 Å². The van der Waals surface area contributed by atoms with Gasteiger partial charge in [-0.2, -0.15) is 4.21 Å². The molecule has 6 heteroatoms. The largest absolute Gasteiger partial charge is 0.459 e. The molecule has 0 aliphatic carbocycles. The number of carbonyl (C=O) groups is 1. The van der Waals surface area contributed by atoms with Crippen LogP contribution in [0.2, 0.25) is 0 Å². The van der Waals surface area contributed by atoms with Gasteiger partial charge in [-0.3, -0.25) is 8.74 Å². The van der Waals surface area contributed by atoms with E-state index in [1.807, 2.05) is 0 Å². The van der Waals surface area contributed by atoms with Crippen molar-refractivity contribution in [2.24, 2.45) is 0 Å². The van der Waals surface area contributed by atoms with Gasteiger partial charge in [-0.15, -0.1) is 0 Å². The van der Waals surface area contributed by atoms with Gasteiger partial charge in [-0.1, -0.05) is 6.58 Å². The van der Waals surface area contributed by atoms with Gasteiger partial charge in [0.1, 0.15) is 12.2 Å². The van der Waals surface area contributed by atoms with Crippen LogP contribution in [-0.4, -0.2) is 26.9 Å². The van der Waals surface area contributed by atoms with Gasteiger partial charge in [-0.05, 0) is 20.8 Å². The average Bonchev–Trinajstić information content (AvgIpc) is 1.97. The van der Waals surface area contributed by atoms with Crippen LogP contribution in [-0.2, 0) is 25.1 Å². The molecule has 0 fully saturated rings. The third-order valence-corrected chi connectivity index (χ3v) is 1.79. The van der Waals surface area contributed by atoms with Gasteiger partial charge in [0.25, 0.3) is 0 Å². The molecule has 0 heterocycles. The average molecular weight is 222 g/mol. The minimum Gasteiger partial charge on any atom is -0.459 e. The van der Waals surface area contributed by atoms with E-state index in [4.69, 9.17) is 9.29 Å². The number of esters is 1. The van der Waals surface area contributed by atoms with E-state index in [2.05, 4.69) is 10.8 Å². The van der Waals surface area contributed by atoms with Crippen molar-refractivity contribution in [2.45, 2.75) is 26.4 Å². The van der Waals surface area contributed by atoms with Crippen molar-refractivity contribution in [1.82, 2.24) is 0 Å². The Morgan fingerprint density at radius 2 is 2.07 bits per heavy atom. The molecule has 0 saturated carbocycles. The Labute approximate surface area is 85.6 Å². The predicted molar refractivity (Wildman–Crippen MR) is 51.7 cm³/mol. The molecule has 5 nitrogen and oxygen atoms in total. The second-order valence-electron chi connectivity index (χ2n) is 3.42. The van der Waals surface area contributed by atoms with Crippen molar-refractivity contribution in [3.8, 4) is 0 Å². The van der Waals surface area contributed by atoms with Gasteiger partial charge in [0, 0.05) is 5.57 Å². The summed E-state index contributed by atoms with van der Waals surface area (Å²) in [5, 5.41) is 0. The normalized spacial score (nSPS) is 13.4. The second-order valence-corrected chi connectivity index (χ2v) is 4.02. The summed E-state index contributed by atoms with van der Waals surface area (Å²) in [4.78, 5) is 11.0. The Morgan fingerprint density at radius 3 is 2.43 bits per heavy atom. The lowest BCUT2D eigenvalue weighted by Crippen LogP contribution is -2.32. The molecule has 1 unspecified atom stereocenters. The van der Waals surface area contributed by atoms with Crippen LogP contribution in [0.1, 0.15) is 20.8 Å². The molecule has 0 amide bonds. The van der Waals surface area contributed by atoms with Crippen molar-refractivity contribution in [3.63, 3.8) is 0 Å². The fraction of sp³-hybridized carbons (Fsp3) is 0.625. The maximum Gasteiger partial charge on any atom is 0.333 e. The maximum atomic E-state index is 11.0. The smallest absolute Gasteiger partial charge is 0.333 e. The van der Waals surface area contributed by atoms with Gasteiger partial charge in [-0.25, -0.2) is 4.79 Å². The fourth-order valence-electron chi connectivity index (χ4n) is 0.580. The molecule has 82 valence electrons. The Hall–Kier alpha value is -0.720. The van der Waals surface area contributed by atoms with Crippen LogP contribution < -0.4 is 0 Å². The Balaban J connectivity index is 4.05. The van der Waals surface area contributed by atoms with Crippen LogP contribution in [0.3, 0.4) is 0 Å². The van der Waals surface area contributed by atoms with Gasteiger partial charge in [0.05, 0.1) is 0 Å². The summed E-state index contributed by atoms with van der Waals surface area (Å²) in [5.74, 6) is -0.551. The first-order valence-corrected chi connectivity index (χ1v) is 4.91. The van der Waals surface area contributed by atoms with Gasteiger partial charge < -0.3 is 4.74 Å². The SMILES string of the molecule is C=C(C)C(=O)OCC(C)(C)OS(=O)O. The third kappa shape index (κ3) is 5.85. The zero-order valence-electron chi connectivity index (χ0n) is 8.40. The molecule has 0 aromatic rings. The number of ether oxygens (including phenoxy) is 1. The van der Waals surface area contributed by atoms with E-state index in [0.717, 1.165) is 0 Å². The molecule has 0 rings (SSSR count). The molecule has 0 bridgehead atoms. The predicted octanol–water partition coefficient (Wildman–Crippen LogP) is 1.04. The van der Waals surface area contributed by atoms with Crippen molar-refractivity contribution < 1.29 is 22.5 Å². The lowest BCUT2D eigenvalue weighted by Gasteiger charge is -2.21. The minimum atomic E-state index is -2.37. The van der Waals surface area contributed by atoms with Crippen LogP contribution in [0, 0.1) is 0 Å². The van der Waals surface area contributed by atoms with Crippen molar-refractivity contribution in [3.05, 3.63) is 12.2 Å². The topological polar surface area (TPSA) is 72.8 Å². The van der Waals surface area contributed by atoms with E-state index in [1.54, 1.807) is 0 Å². The highest BCUT2D eigenvalue weighted by atomic mass is 32.2. The summed E-state index contributed by atoms with van der Waals surface area (Å²) in [6.07, 6.45) is 0. The Morgan fingerprint density at radius 1 is 1.57 bits per heavy atom. The Kier molecular flexibility index (Phi) is 4.96. The molecule has 0 aromatic carbocycles. The standard InChI is InChI=1S/C8H14O5S/c1-6(2)7(9)12-5-8(3,4)13-14(10)11/h1,5H2,2-4H3,(H,10,11). The Bertz CT molecular complexity index is 258. The molecule has 0 spiro atoms. The molecule has 1 N–H and O–H groups in total. The van der Waals surface area contributed by atoms with Gasteiger partial charge >= 0.3 is 17.3 Å². The highest BCUT2D eigenvalue weighted by Gasteiger charge is 2.24. The summed E-state index contributed by atoms with van der Waals surface area (Å²) < 4.78 is 28.1. The first kappa shape index (κ1) is 13.3. The summed E-state index contributed by atoms with van der Waals surface area (Å²) in [5.41, 5.74) is -0.726.